The first-order chi connectivity index (χ1) is 8.16. The van der Waals surface area contributed by atoms with Gasteiger partial charge in [0.15, 0.2) is 6.61 Å². The Kier molecular flexibility index (Phi) is 2.99. The van der Waals surface area contributed by atoms with Crippen molar-refractivity contribution in [2.24, 2.45) is 0 Å². The van der Waals surface area contributed by atoms with E-state index in [1.54, 1.807) is 0 Å². The largest absolute Gasteiger partial charge is 0.485 e. The smallest absolute Gasteiger partial charge is 0.339 e. The van der Waals surface area contributed by atoms with Crippen molar-refractivity contribution in [3.63, 3.8) is 0 Å². The zero-order valence-corrected chi connectivity index (χ0v) is 8.46. The number of aromatic carboxylic acids is 1. The number of nitrogens with zero attached hydrogens (tertiary/aromatic N) is 2. The third-order valence-corrected chi connectivity index (χ3v) is 1.94. The minimum absolute atomic E-state index is 0.0451. The molecule has 0 unspecified atom stereocenters. The minimum Gasteiger partial charge on any atom is -0.485 e. The van der Waals surface area contributed by atoms with Gasteiger partial charge in [-0.1, -0.05) is 5.16 Å². The molecule has 1 heterocycles. The Morgan fingerprint density at radius 1 is 1.53 bits per heavy atom. The lowest BCUT2D eigenvalue weighted by molar-refractivity contribution is 0.0691. The maximum absolute atomic E-state index is 12.9. The van der Waals surface area contributed by atoms with Crippen molar-refractivity contribution in [3.05, 3.63) is 41.8 Å². The standard InChI is InChI=1S/C10H7FN2O4/c11-6-1-2-8(7(3-6)10(14)15)16-4-9-12-5-17-13-9/h1-3,5H,4H2,(H,14,15). The van der Waals surface area contributed by atoms with Crippen LogP contribution in [-0.2, 0) is 6.61 Å². The van der Waals surface area contributed by atoms with E-state index < -0.39 is 11.8 Å². The number of halogens is 1. The summed E-state index contributed by atoms with van der Waals surface area (Å²) in [5.74, 6) is -1.60. The Morgan fingerprint density at radius 3 is 3.00 bits per heavy atom. The molecule has 2 aromatic rings. The number of aromatic nitrogens is 2. The number of carbonyl (C=O) groups is 1. The van der Waals surface area contributed by atoms with Crippen LogP contribution < -0.4 is 4.74 Å². The van der Waals surface area contributed by atoms with Gasteiger partial charge in [0, 0.05) is 0 Å². The summed E-state index contributed by atoms with van der Waals surface area (Å²) in [6, 6.07) is 3.23. The summed E-state index contributed by atoms with van der Waals surface area (Å²) in [5, 5.41) is 12.3. The molecule has 0 aliphatic rings. The van der Waals surface area contributed by atoms with Crippen LogP contribution in [0.1, 0.15) is 16.2 Å². The number of hydrogen-bond acceptors (Lipinski definition) is 5. The molecule has 0 radical (unpaired) electrons. The highest BCUT2D eigenvalue weighted by molar-refractivity contribution is 5.90. The second kappa shape index (κ2) is 4.60. The Labute approximate surface area is 94.6 Å². The molecule has 7 heteroatoms. The zero-order valence-electron chi connectivity index (χ0n) is 8.46. The molecule has 0 spiro atoms. The van der Waals surface area contributed by atoms with Gasteiger partial charge in [0.2, 0.25) is 12.2 Å². The molecule has 1 aromatic heterocycles. The van der Waals surface area contributed by atoms with Gasteiger partial charge in [-0.15, -0.1) is 0 Å². The first kappa shape index (κ1) is 11.1. The molecule has 17 heavy (non-hydrogen) atoms. The summed E-state index contributed by atoms with van der Waals surface area (Å²) >= 11 is 0. The van der Waals surface area contributed by atoms with Crippen LogP contribution in [0.3, 0.4) is 0 Å². The van der Waals surface area contributed by atoms with Gasteiger partial charge >= 0.3 is 5.97 Å². The summed E-state index contributed by atoms with van der Waals surface area (Å²) in [5.41, 5.74) is -0.256. The fourth-order valence-electron chi connectivity index (χ4n) is 1.19. The lowest BCUT2D eigenvalue weighted by Gasteiger charge is -2.06. The lowest BCUT2D eigenvalue weighted by atomic mass is 10.2. The van der Waals surface area contributed by atoms with E-state index in [1.165, 1.54) is 6.07 Å². The lowest BCUT2D eigenvalue weighted by Crippen LogP contribution is -2.04. The molecule has 0 aliphatic carbocycles. The first-order valence-electron chi connectivity index (χ1n) is 4.57. The highest BCUT2D eigenvalue weighted by Gasteiger charge is 2.13. The van der Waals surface area contributed by atoms with Crippen LogP contribution >= 0.6 is 0 Å². The Morgan fingerprint density at radius 2 is 2.35 bits per heavy atom. The van der Waals surface area contributed by atoms with Crippen molar-refractivity contribution in [2.75, 3.05) is 0 Å². The molecule has 0 amide bonds. The topological polar surface area (TPSA) is 85.5 Å². The van der Waals surface area contributed by atoms with Gasteiger partial charge in [-0.05, 0) is 18.2 Å². The average molecular weight is 238 g/mol. The van der Waals surface area contributed by atoms with Crippen molar-refractivity contribution in [2.45, 2.75) is 6.61 Å². The van der Waals surface area contributed by atoms with Gasteiger partial charge in [-0.2, -0.15) is 4.98 Å². The highest BCUT2D eigenvalue weighted by Crippen LogP contribution is 2.20. The predicted octanol–water partition coefficient (Wildman–Crippen LogP) is 1.49. The van der Waals surface area contributed by atoms with Crippen LogP contribution in [0.25, 0.3) is 0 Å². The number of hydrogen-bond donors (Lipinski definition) is 1. The fourth-order valence-corrected chi connectivity index (χ4v) is 1.19. The molecule has 0 atom stereocenters. The Bertz CT molecular complexity index is 527. The summed E-state index contributed by atoms with van der Waals surface area (Å²) < 4.78 is 22.5. The summed E-state index contributed by atoms with van der Waals surface area (Å²) in [6.07, 6.45) is 1.13. The normalized spacial score (nSPS) is 10.2. The number of ether oxygens (including phenoxy) is 1. The van der Waals surface area contributed by atoms with Crippen molar-refractivity contribution in [1.29, 1.82) is 0 Å². The molecule has 2 rings (SSSR count). The van der Waals surface area contributed by atoms with Crippen molar-refractivity contribution < 1.29 is 23.6 Å². The predicted molar refractivity (Wildman–Crippen MR) is 52.0 cm³/mol. The molecule has 0 bridgehead atoms. The fraction of sp³-hybridized carbons (Fsp3) is 0.100. The molecule has 0 aliphatic heterocycles. The van der Waals surface area contributed by atoms with E-state index in [2.05, 4.69) is 14.7 Å². The molecule has 0 fully saturated rings. The summed E-state index contributed by atoms with van der Waals surface area (Å²) in [6.45, 7) is -0.0532. The van der Waals surface area contributed by atoms with Crippen LogP contribution in [0, 0.1) is 5.82 Å². The number of rotatable bonds is 4. The summed E-state index contributed by atoms with van der Waals surface area (Å²) in [7, 11) is 0. The van der Waals surface area contributed by atoms with E-state index in [-0.39, 0.29) is 23.7 Å². The van der Waals surface area contributed by atoms with Crippen molar-refractivity contribution in [3.8, 4) is 5.75 Å². The molecule has 6 nitrogen and oxygen atoms in total. The van der Waals surface area contributed by atoms with Gasteiger partial charge in [0.1, 0.15) is 17.1 Å². The molecular weight excluding hydrogens is 231 g/mol. The molecule has 0 saturated carbocycles. The zero-order chi connectivity index (χ0) is 12.3. The highest BCUT2D eigenvalue weighted by atomic mass is 19.1. The van der Waals surface area contributed by atoms with E-state index in [9.17, 15) is 9.18 Å². The van der Waals surface area contributed by atoms with E-state index in [1.807, 2.05) is 0 Å². The molecule has 88 valence electrons. The van der Waals surface area contributed by atoms with E-state index >= 15 is 0 Å². The maximum atomic E-state index is 12.9. The van der Waals surface area contributed by atoms with Gasteiger partial charge in [-0.3, -0.25) is 0 Å². The molecule has 0 saturated heterocycles. The average Bonchev–Trinajstić information content (AvgIpc) is 2.80. The van der Waals surface area contributed by atoms with Crippen LogP contribution in [0.4, 0.5) is 4.39 Å². The minimum atomic E-state index is -1.27. The molecular formula is C10H7FN2O4. The van der Waals surface area contributed by atoms with Crippen LogP contribution in [-0.4, -0.2) is 21.2 Å². The van der Waals surface area contributed by atoms with Gasteiger partial charge in [0.05, 0.1) is 0 Å². The quantitative estimate of drug-likeness (QED) is 0.868. The van der Waals surface area contributed by atoms with Gasteiger partial charge < -0.3 is 14.4 Å². The van der Waals surface area contributed by atoms with Crippen LogP contribution in [0.5, 0.6) is 5.75 Å². The second-order valence-electron chi connectivity index (χ2n) is 3.08. The van der Waals surface area contributed by atoms with Gasteiger partial charge in [0.25, 0.3) is 0 Å². The van der Waals surface area contributed by atoms with Crippen LogP contribution in [0.15, 0.2) is 29.1 Å². The summed E-state index contributed by atoms with van der Waals surface area (Å²) in [4.78, 5) is 14.5. The van der Waals surface area contributed by atoms with E-state index in [4.69, 9.17) is 9.84 Å². The van der Waals surface area contributed by atoms with Crippen molar-refractivity contribution >= 4 is 5.97 Å². The number of benzene rings is 1. The van der Waals surface area contributed by atoms with Crippen molar-refractivity contribution in [1.82, 2.24) is 10.1 Å². The van der Waals surface area contributed by atoms with E-state index in [0.717, 1.165) is 18.5 Å². The SMILES string of the molecule is O=C(O)c1cc(F)ccc1OCc1ncon1. The number of carboxylic acids is 1. The number of carboxylic acid groups (broad SMARTS) is 1. The third kappa shape index (κ3) is 2.57. The molecule has 1 N–H and O–H groups in total. The van der Waals surface area contributed by atoms with E-state index in [0.29, 0.717) is 0 Å². The monoisotopic (exact) mass is 238 g/mol. The third-order valence-electron chi connectivity index (χ3n) is 1.94. The van der Waals surface area contributed by atoms with Gasteiger partial charge in [-0.25, -0.2) is 9.18 Å². The van der Waals surface area contributed by atoms with Crippen LogP contribution in [0.2, 0.25) is 0 Å². The molecule has 1 aromatic carbocycles. The maximum Gasteiger partial charge on any atom is 0.339 e. The second-order valence-corrected chi connectivity index (χ2v) is 3.08. The Hall–Kier alpha value is -2.44. The Balaban J connectivity index is 2.17. The first-order valence-corrected chi connectivity index (χ1v) is 4.57.